The second-order valence-corrected chi connectivity index (χ2v) is 4.40. The van der Waals surface area contributed by atoms with Gasteiger partial charge in [-0.25, -0.2) is 4.79 Å². The Morgan fingerprint density at radius 3 is 2.72 bits per heavy atom. The van der Waals surface area contributed by atoms with Gasteiger partial charge in [0, 0.05) is 25.5 Å². The highest BCUT2D eigenvalue weighted by atomic mass is 16.5. The lowest BCUT2D eigenvalue weighted by Crippen LogP contribution is -2.20. The standard InChI is InChI=1S/C11H13N3O4/c15-9-7-5-14(6-1-3-18-4-2-6)10(16)8(7)12-11(17)13-9/h5-6,16H,1-4H2,(H2,12,13,15,17). The molecule has 0 radical (unpaired) electrons. The van der Waals surface area contributed by atoms with Crippen molar-refractivity contribution in [1.29, 1.82) is 0 Å². The molecule has 0 unspecified atom stereocenters. The molecule has 1 aliphatic heterocycles. The lowest BCUT2D eigenvalue weighted by Gasteiger charge is -2.23. The first-order valence-corrected chi connectivity index (χ1v) is 5.80. The Balaban J connectivity index is 2.19. The Morgan fingerprint density at radius 1 is 1.28 bits per heavy atom. The topological polar surface area (TPSA) is 100 Å². The third-order valence-electron chi connectivity index (χ3n) is 3.30. The normalized spacial score (nSPS) is 17.3. The van der Waals surface area contributed by atoms with E-state index >= 15 is 0 Å². The fraction of sp³-hybridized carbons (Fsp3) is 0.455. The van der Waals surface area contributed by atoms with Gasteiger partial charge < -0.3 is 19.4 Å². The van der Waals surface area contributed by atoms with E-state index in [0.29, 0.717) is 18.6 Å². The van der Waals surface area contributed by atoms with E-state index in [1.165, 1.54) is 0 Å². The molecule has 96 valence electrons. The molecule has 1 fully saturated rings. The number of aromatic nitrogens is 3. The Kier molecular flexibility index (Phi) is 2.48. The molecule has 7 heteroatoms. The molecule has 0 bridgehead atoms. The predicted molar refractivity (Wildman–Crippen MR) is 63.9 cm³/mol. The van der Waals surface area contributed by atoms with Crippen LogP contribution < -0.4 is 11.2 Å². The number of H-pyrrole nitrogens is 2. The zero-order valence-electron chi connectivity index (χ0n) is 9.60. The first-order chi connectivity index (χ1) is 8.66. The molecule has 3 heterocycles. The average molecular weight is 251 g/mol. The van der Waals surface area contributed by atoms with Crippen LogP contribution in [0.5, 0.6) is 5.88 Å². The minimum atomic E-state index is -0.618. The van der Waals surface area contributed by atoms with Crippen LogP contribution in [0.1, 0.15) is 18.9 Å². The third-order valence-corrected chi connectivity index (χ3v) is 3.30. The van der Waals surface area contributed by atoms with E-state index in [4.69, 9.17) is 4.74 Å². The highest BCUT2D eigenvalue weighted by molar-refractivity contribution is 5.82. The molecule has 7 nitrogen and oxygen atoms in total. The third kappa shape index (κ3) is 1.63. The molecule has 0 amide bonds. The van der Waals surface area contributed by atoms with E-state index < -0.39 is 11.2 Å². The summed E-state index contributed by atoms with van der Waals surface area (Å²) in [6.07, 6.45) is 3.13. The minimum Gasteiger partial charge on any atom is -0.493 e. The van der Waals surface area contributed by atoms with Crippen LogP contribution in [-0.4, -0.2) is 32.9 Å². The Labute approximate surface area is 101 Å². The van der Waals surface area contributed by atoms with Crippen molar-refractivity contribution in [3.63, 3.8) is 0 Å². The number of hydrogen-bond acceptors (Lipinski definition) is 4. The van der Waals surface area contributed by atoms with E-state index in [1.54, 1.807) is 10.8 Å². The van der Waals surface area contributed by atoms with Crippen molar-refractivity contribution < 1.29 is 9.84 Å². The van der Waals surface area contributed by atoms with Gasteiger partial charge in [0.25, 0.3) is 5.56 Å². The zero-order chi connectivity index (χ0) is 12.7. The van der Waals surface area contributed by atoms with Crippen molar-refractivity contribution in [2.24, 2.45) is 0 Å². The van der Waals surface area contributed by atoms with Crippen molar-refractivity contribution >= 4 is 10.9 Å². The molecule has 1 saturated heterocycles. The van der Waals surface area contributed by atoms with Crippen LogP contribution in [0.2, 0.25) is 0 Å². The SMILES string of the molecule is O=c1[nH]c(=O)c2cn(C3CCOCC3)c(O)c2[nH]1. The summed E-state index contributed by atoms with van der Waals surface area (Å²) in [6, 6.07) is 0.0917. The largest absolute Gasteiger partial charge is 0.493 e. The van der Waals surface area contributed by atoms with Gasteiger partial charge in [-0.15, -0.1) is 0 Å². The van der Waals surface area contributed by atoms with Crippen LogP contribution in [0.4, 0.5) is 0 Å². The van der Waals surface area contributed by atoms with Crippen LogP contribution in [-0.2, 0) is 4.74 Å². The molecular formula is C11H13N3O4. The summed E-state index contributed by atoms with van der Waals surface area (Å²) in [4.78, 5) is 27.4. The monoisotopic (exact) mass is 251 g/mol. The van der Waals surface area contributed by atoms with Crippen molar-refractivity contribution in [1.82, 2.24) is 14.5 Å². The smallest absolute Gasteiger partial charge is 0.326 e. The van der Waals surface area contributed by atoms with Gasteiger partial charge in [0.1, 0.15) is 5.52 Å². The van der Waals surface area contributed by atoms with Crippen LogP contribution in [0, 0.1) is 0 Å². The second kappa shape index (κ2) is 4.02. The fourth-order valence-electron chi connectivity index (χ4n) is 2.37. The van der Waals surface area contributed by atoms with Crippen LogP contribution >= 0.6 is 0 Å². The van der Waals surface area contributed by atoms with Crippen molar-refractivity contribution in [3.05, 3.63) is 27.0 Å². The lowest BCUT2D eigenvalue weighted by atomic mass is 10.1. The van der Waals surface area contributed by atoms with Gasteiger partial charge in [-0.05, 0) is 12.8 Å². The van der Waals surface area contributed by atoms with Gasteiger partial charge >= 0.3 is 5.69 Å². The van der Waals surface area contributed by atoms with E-state index in [2.05, 4.69) is 9.97 Å². The molecule has 0 aliphatic carbocycles. The first-order valence-electron chi connectivity index (χ1n) is 5.80. The van der Waals surface area contributed by atoms with E-state index in [0.717, 1.165) is 12.8 Å². The Bertz CT molecular complexity index is 690. The molecule has 18 heavy (non-hydrogen) atoms. The molecule has 2 aromatic rings. The van der Waals surface area contributed by atoms with Crippen molar-refractivity contribution in [2.45, 2.75) is 18.9 Å². The van der Waals surface area contributed by atoms with Crippen LogP contribution in [0.15, 0.2) is 15.8 Å². The Morgan fingerprint density at radius 2 is 2.00 bits per heavy atom. The summed E-state index contributed by atoms with van der Waals surface area (Å²) in [5, 5.41) is 10.4. The molecule has 1 aliphatic rings. The fourth-order valence-corrected chi connectivity index (χ4v) is 2.37. The maximum absolute atomic E-state index is 11.6. The van der Waals surface area contributed by atoms with Gasteiger partial charge in [0.05, 0.1) is 5.39 Å². The van der Waals surface area contributed by atoms with Crippen molar-refractivity contribution in [2.75, 3.05) is 13.2 Å². The number of nitrogens with zero attached hydrogens (tertiary/aromatic N) is 1. The van der Waals surface area contributed by atoms with Crippen molar-refractivity contribution in [3.8, 4) is 5.88 Å². The highest BCUT2D eigenvalue weighted by Gasteiger charge is 2.21. The molecule has 0 spiro atoms. The van der Waals surface area contributed by atoms with Gasteiger partial charge in [-0.3, -0.25) is 9.78 Å². The molecular weight excluding hydrogens is 238 g/mol. The second-order valence-electron chi connectivity index (χ2n) is 4.40. The molecule has 0 saturated carbocycles. The molecule has 3 rings (SSSR count). The molecule has 0 aromatic carbocycles. The number of nitrogens with one attached hydrogen (secondary N) is 2. The van der Waals surface area contributed by atoms with E-state index in [-0.39, 0.29) is 17.4 Å². The van der Waals surface area contributed by atoms with Crippen LogP contribution in [0.25, 0.3) is 10.9 Å². The number of aromatic amines is 2. The number of ether oxygens (including phenoxy) is 1. The van der Waals surface area contributed by atoms with Crippen LogP contribution in [0.3, 0.4) is 0 Å². The summed E-state index contributed by atoms with van der Waals surface area (Å²) in [5.74, 6) is -0.0694. The summed E-state index contributed by atoms with van der Waals surface area (Å²) in [6.45, 7) is 1.26. The first kappa shape index (κ1) is 11.1. The highest BCUT2D eigenvalue weighted by Crippen LogP contribution is 2.30. The van der Waals surface area contributed by atoms with Gasteiger partial charge in [-0.1, -0.05) is 0 Å². The zero-order valence-corrected chi connectivity index (χ0v) is 9.60. The number of fused-ring (bicyclic) bond motifs is 1. The van der Waals surface area contributed by atoms with Gasteiger partial charge in [0.15, 0.2) is 0 Å². The van der Waals surface area contributed by atoms with Gasteiger partial charge in [0.2, 0.25) is 5.88 Å². The minimum absolute atomic E-state index is 0.0694. The summed E-state index contributed by atoms with van der Waals surface area (Å²) < 4.78 is 6.89. The molecule has 3 N–H and O–H groups in total. The maximum Gasteiger partial charge on any atom is 0.326 e. The Hall–Kier alpha value is -2.02. The lowest BCUT2D eigenvalue weighted by molar-refractivity contribution is 0.0678. The van der Waals surface area contributed by atoms with E-state index in [1.807, 2.05) is 0 Å². The summed E-state index contributed by atoms with van der Waals surface area (Å²) in [7, 11) is 0. The predicted octanol–water partition coefficient (Wildman–Crippen LogP) is 0.0750. The number of aromatic hydroxyl groups is 1. The average Bonchev–Trinajstić information content (AvgIpc) is 2.69. The van der Waals surface area contributed by atoms with E-state index in [9.17, 15) is 14.7 Å². The maximum atomic E-state index is 11.6. The number of rotatable bonds is 1. The quantitative estimate of drug-likeness (QED) is 0.668. The number of hydrogen-bond donors (Lipinski definition) is 3. The molecule has 0 atom stereocenters. The van der Waals surface area contributed by atoms with Gasteiger partial charge in [-0.2, -0.15) is 0 Å². The summed E-state index contributed by atoms with van der Waals surface area (Å²) >= 11 is 0. The molecule has 2 aromatic heterocycles. The summed E-state index contributed by atoms with van der Waals surface area (Å²) in [5.41, 5.74) is -0.919.